The number of para-hydroxylation sites is 1. The number of rotatable bonds is 9. The summed E-state index contributed by atoms with van der Waals surface area (Å²) in [7, 11) is 1.31. The largest absolute Gasteiger partial charge is 0.493 e. The Morgan fingerprint density at radius 3 is 2.61 bits per heavy atom. The van der Waals surface area contributed by atoms with Gasteiger partial charge in [-0.05, 0) is 25.5 Å². The van der Waals surface area contributed by atoms with Crippen LogP contribution in [0.5, 0.6) is 5.75 Å². The monoisotopic (exact) mass is 323 g/mol. The van der Waals surface area contributed by atoms with Crippen molar-refractivity contribution in [1.82, 2.24) is 5.32 Å². The quantitative estimate of drug-likeness (QED) is 0.544. The fourth-order valence-corrected chi connectivity index (χ4v) is 1.74. The molecule has 0 bridgehead atoms. The molecule has 0 spiro atoms. The van der Waals surface area contributed by atoms with Crippen LogP contribution in [0.15, 0.2) is 24.3 Å². The van der Waals surface area contributed by atoms with Gasteiger partial charge in [0.15, 0.2) is 6.61 Å². The first kappa shape index (κ1) is 18.5. The SMILES string of the molecule is CCOc1ccccc1C(=O)OCC(=O)NCCCC(=O)OC. The summed E-state index contributed by atoms with van der Waals surface area (Å²) in [6, 6.07) is 6.66. The van der Waals surface area contributed by atoms with Crippen LogP contribution in [0.4, 0.5) is 0 Å². The van der Waals surface area contributed by atoms with E-state index in [2.05, 4.69) is 10.1 Å². The molecule has 126 valence electrons. The van der Waals surface area contributed by atoms with Crippen molar-refractivity contribution in [3.63, 3.8) is 0 Å². The molecule has 0 heterocycles. The van der Waals surface area contributed by atoms with Crippen molar-refractivity contribution in [2.24, 2.45) is 0 Å². The highest BCUT2D eigenvalue weighted by molar-refractivity contribution is 5.93. The molecular formula is C16H21NO6. The Hall–Kier alpha value is -2.57. The summed E-state index contributed by atoms with van der Waals surface area (Å²) in [4.78, 5) is 34.4. The highest BCUT2D eigenvalue weighted by Crippen LogP contribution is 2.18. The summed E-state index contributed by atoms with van der Waals surface area (Å²) in [5.74, 6) is -0.979. The lowest BCUT2D eigenvalue weighted by Crippen LogP contribution is -2.30. The normalized spacial score (nSPS) is 9.83. The molecule has 0 radical (unpaired) electrons. The minimum atomic E-state index is -0.626. The maximum absolute atomic E-state index is 12.0. The van der Waals surface area contributed by atoms with Crippen LogP contribution in [0.1, 0.15) is 30.1 Å². The second-order valence-corrected chi connectivity index (χ2v) is 4.53. The van der Waals surface area contributed by atoms with Gasteiger partial charge in [-0.1, -0.05) is 12.1 Å². The minimum Gasteiger partial charge on any atom is -0.493 e. The van der Waals surface area contributed by atoms with Gasteiger partial charge in [0.1, 0.15) is 11.3 Å². The van der Waals surface area contributed by atoms with E-state index in [1.54, 1.807) is 24.3 Å². The van der Waals surface area contributed by atoms with Gasteiger partial charge in [-0.15, -0.1) is 0 Å². The van der Waals surface area contributed by atoms with E-state index in [1.807, 2.05) is 6.92 Å². The van der Waals surface area contributed by atoms with Crippen molar-refractivity contribution < 1.29 is 28.6 Å². The molecule has 0 unspecified atom stereocenters. The third-order valence-electron chi connectivity index (χ3n) is 2.85. The van der Waals surface area contributed by atoms with Gasteiger partial charge < -0.3 is 19.5 Å². The molecule has 1 aromatic rings. The van der Waals surface area contributed by atoms with E-state index >= 15 is 0 Å². The second-order valence-electron chi connectivity index (χ2n) is 4.53. The molecule has 1 rings (SSSR count). The van der Waals surface area contributed by atoms with E-state index in [9.17, 15) is 14.4 Å². The summed E-state index contributed by atoms with van der Waals surface area (Å²) in [5, 5.41) is 2.55. The summed E-state index contributed by atoms with van der Waals surface area (Å²) in [6.45, 7) is 2.15. The molecule has 7 heteroatoms. The average molecular weight is 323 g/mol. The molecule has 23 heavy (non-hydrogen) atoms. The summed E-state index contributed by atoms with van der Waals surface area (Å²) < 4.78 is 14.8. The Balaban J connectivity index is 2.35. The van der Waals surface area contributed by atoms with Gasteiger partial charge in [0.2, 0.25) is 0 Å². The van der Waals surface area contributed by atoms with E-state index in [1.165, 1.54) is 7.11 Å². The van der Waals surface area contributed by atoms with E-state index in [0.717, 1.165) is 0 Å². The Labute approximate surface area is 134 Å². The van der Waals surface area contributed by atoms with Gasteiger partial charge in [0.05, 0.1) is 13.7 Å². The standard InChI is InChI=1S/C16H21NO6/c1-3-22-13-8-5-4-7-12(13)16(20)23-11-14(18)17-10-6-9-15(19)21-2/h4-5,7-8H,3,6,9-11H2,1-2H3,(H,17,18). The number of methoxy groups -OCH3 is 1. The third kappa shape index (κ3) is 6.82. The Morgan fingerprint density at radius 2 is 1.91 bits per heavy atom. The van der Waals surface area contributed by atoms with Crippen LogP contribution in [-0.4, -0.2) is 44.7 Å². The fraction of sp³-hybridized carbons (Fsp3) is 0.438. The lowest BCUT2D eigenvalue weighted by Gasteiger charge is -2.10. The highest BCUT2D eigenvalue weighted by Gasteiger charge is 2.14. The molecule has 0 aliphatic carbocycles. The highest BCUT2D eigenvalue weighted by atomic mass is 16.5. The van der Waals surface area contributed by atoms with Crippen molar-refractivity contribution in [2.75, 3.05) is 26.9 Å². The number of ether oxygens (including phenoxy) is 3. The van der Waals surface area contributed by atoms with Crippen molar-refractivity contribution in [1.29, 1.82) is 0 Å². The van der Waals surface area contributed by atoms with Gasteiger partial charge >= 0.3 is 11.9 Å². The third-order valence-corrected chi connectivity index (χ3v) is 2.85. The molecule has 1 aromatic carbocycles. The number of carbonyl (C=O) groups is 3. The Morgan fingerprint density at radius 1 is 1.17 bits per heavy atom. The number of benzene rings is 1. The van der Waals surface area contributed by atoms with Crippen LogP contribution in [0.3, 0.4) is 0 Å². The van der Waals surface area contributed by atoms with Gasteiger partial charge in [0.25, 0.3) is 5.91 Å². The summed E-state index contributed by atoms with van der Waals surface area (Å²) in [6.07, 6.45) is 0.678. The second kappa shape index (κ2) is 10.2. The zero-order chi connectivity index (χ0) is 17.1. The average Bonchev–Trinajstić information content (AvgIpc) is 2.57. The van der Waals surface area contributed by atoms with Gasteiger partial charge in [-0.3, -0.25) is 9.59 Å². The van der Waals surface area contributed by atoms with Crippen LogP contribution >= 0.6 is 0 Å². The van der Waals surface area contributed by atoms with Crippen LogP contribution in [0, 0.1) is 0 Å². The first-order valence-electron chi connectivity index (χ1n) is 7.31. The van der Waals surface area contributed by atoms with Gasteiger partial charge in [-0.2, -0.15) is 0 Å². The van der Waals surface area contributed by atoms with E-state index in [-0.39, 0.29) is 18.0 Å². The molecule has 0 fully saturated rings. The maximum Gasteiger partial charge on any atom is 0.342 e. The lowest BCUT2D eigenvalue weighted by atomic mass is 10.2. The first-order chi connectivity index (χ1) is 11.1. The van der Waals surface area contributed by atoms with E-state index in [0.29, 0.717) is 25.3 Å². The molecule has 0 saturated heterocycles. The molecule has 0 saturated carbocycles. The van der Waals surface area contributed by atoms with Crippen molar-refractivity contribution >= 4 is 17.8 Å². The lowest BCUT2D eigenvalue weighted by molar-refractivity contribution is -0.140. The molecule has 0 aliphatic heterocycles. The zero-order valence-electron chi connectivity index (χ0n) is 13.3. The fourth-order valence-electron chi connectivity index (χ4n) is 1.74. The Bertz CT molecular complexity index is 543. The number of hydrogen-bond acceptors (Lipinski definition) is 6. The van der Waals surface area contributed by atoms with Gasteiger partial charge in [0, 0.05) is 13.0 Å². The zero-order valence-corrected chi connectivity index (χ0v) is 13.3. The van der Waals surface area contributed by atoms with Gasteiger partial charge in [-0.25, -0.2) is 4.79 Å². The number of hydrogen-bond donors (Lipinski definition) is 1. The molecule has 1 amide bonds. The molecule has 0 aliphatic rings. The predicted molar refractivity (Wildman–Crippen MR) is 82.2 cm³/mol. The molecule has 0 aromatic heterocycles. The number of esters is 2. The number of carbonyl (C=O) groups excluding carboxylic acids is 3. The number of nitrogens with one attached hydrogen (secondary N) is 1. The van der Waals surface area contributed by atoms with Crippen molar-refractivity contribution in [3.8, 4) is 5.75 Å². The van der Waals surface area contributed by atoms with Crippen molar-refractivity contribution in [3.05, 3.63) is 29.8 Å². The summed E-state index contributed by atoms with van der Waals surface area (Å²) in [5.41, 5.74) is 0.271. The predicted octanol–water partition coefficient (Wildman–Crippen LogP) is 1.31. The van der Waals surface area contributed by atoms with Crippen LogP contribution in [0.2, 0.25) is 0 Å². The minimum absolute atomic E-state index is 0.221. The van der Waals surface area contributed by atoms with E-state index < -0.39 is 18.5 Å². The van der Waals surface area contributed by atoms with Crippen LogP contribution in [0.25, 0.3) is 0 Å². The number of amides is 1. The molecule has 7 nitrogen and oxygen atoms in total. The summed E-state index contributed by atoms with van der Waals surface area (Å²) >= 11 is 0. The maximum atomic E-state index is 12.0. The van der Waals surface area contributed by atoms with Crippen LogP contribution in [-0.2, 0) is 19.1 Å². The smallest absolute Gasteiger partial charge is 0.342 e. The molecule has 0 atom stereocenters. The topological polar surface area (TPSA) is 90.9 Å². The first-order valence-corrected chi connectivity index (χ1v) is 7.31. The molecular weight excluding hydrogens is 302 g/mol. The van der Waals surface area contributed by atoms with Crippen molar-refractivity contribution in [2.45, 2.75) is 19.8 Å². The Kier molecular flexibility index (Phi) is 8.20. The van der Waals surface area contributed by atoms with E-state index in [4.69, 9.17) is 9.47 Å². The molecule has 1 N–H and O–H groups in total. The van der Waals surface area contributed by atoms with Crippen LogP contribution < -0.4 is 10.1 Å².